The van der Waals surface area contributed by atoms with Crippen molar-refractivity contribution >= 4 is 23.2 Å². The summed E-state index contributed by atoms with van der Waals surface area (Å²) in [5.74, 6) is 0.252. The predicted octanol–water partition coefficient (Wildman–Crippen LogP) is 4.96. The Labute approximate surface area is 159 Å². The molecule has 3 aromatic rings. The molecule has 5 nitrogen and oxygen atoms in total. The van der Waals surface area contributed by atoms with E-state index in [1.165, 1.54) is 5.56 Å². The van der Waals surface area contributed by atoms with Crippen LogP contribution in [0.15, 0.2) is 48.8 Å². The van der Waals surface area contributed by atoms with Crippen molar-refractivity contribution in [2.75, 3.05) is 10.6 Å². The highest BCUT2D eigenvalue weighted by Gasteiger charge is 2.12. The third-order valence-electron chi connectivity index (χ3n) is 4.74. The number of aromatic nitrogens is 2. The molecule has 0 atom stereocenters. The summed E-state index contributed by atoms with van der Waals surface area (Å²) < 4.78 is 0. The Balaban J connectivity index is 1.76. The smallest absolute Gasteiger partial charge is 0.258 e. The number of nitrogens with zero attached hydrogens (tertiary/aromatic N) is 2. The number of aryl methyl sites for hydroxylation is 3. The molecular formula is C22H24N4O. The SMILES string of the molecule is CCc1cccc(C)c1NC(=O)c1cnc(Nc2cccc(C)c2C)nc1. The molecule has 2 aromatic carbocycles. The molecule has 0 aliphatic heterocycles. The van der Waals surface area contributed by atoms with Crippen LogP contribution in [0.4, 0.5) is 17.3 Å². The molecule has 27 heavy (non-hydrogen) atoms. The van der Waals surface area contributed by atoms with Crippen LogP contribution >= 0.6 is 0 Å². The Morgan fingerprint density at radius 2 is 1.63 bits per heavy atom. The molecule has 3 rings (SSSR count). The number of nitrogens with one attached hydrogen (secondary N) is 2. The van der Waals surface area contributed by atoms with E-state index in [4.69, 9.17) is 0 Å². The fourth-order valence-electron chi connectivity index (χ4n) is 2.90. The zero-order chi connectivity index (χ0) is 19.4. The van der Waals surface area contributed by atoms with Gasteiger partial charge < -0.3 is 10.6 Å². The molecule has 0 bridgehead atoms. The van der Waals surface area contributed by atoms with E-state index < -0.39 is 0 Å². The molecule has 0 aliphatic carbocycles. The van der Waals surface area contributed by atoms with E-state index in [1.54, 1.807) is 12.4 Å². The van der Waals surface area contributed by atoms with E-state index in [-0.39, 0.29) is 5.91 Å². The van der Waals surface area contributed by atoms with Gasteiger partial charge in [0.15, 0.2) is 0 Å². The van der Waals surface area contributed by atoms with Crippen molar-refractivity contribution in [3.8, 4) is 0 Å². The van der Waals surface area contributed by atoms with E-state index in [1.807, 2.05) is 44.2 Å². The maximum absolute atomic E-state index is 12.6. The number of benzene rings is 2. The number of rotatable bonds is 5. The summed E-state index contributed by atoms with van der Waals surface area (Å²) >= 11 is 0. The highest BCUT2D eigenvalue weighted by molar-refractivity contribution is 6.04. The van der Waals surface area contributed by atoms with Gasteiger partial charge in [-0.2, -0.15) is 0 Å². The van der Waals surface area contributed by atoms with Crippen LogP contribution in [0.5, 0.6) is 0 Å². The number of hydrogen-bond donors (Lipinski definition) is 2. The second-order valence-corrected chi connectivity index (χ2v) is 6.58. The minimum Gasteiger partial charge on any atom is -0.324 e. The predicted molar refractivity (Wildman–Crippen MR) is 110 cm³/mol. The van der Waals surface area contributed by atoms with Crippen LogP contribution in [0.3, 0.4) is 0 Å². The first-order valence-electron chi connectivity index (χ1n) is 9.04. The van der Waals surface area contributed by atoms with E-state index in [2.05, 4.69) is 40.5 Å². The molecule has 0 unspecified atom stereocenters. The monoisotopic (exact) mass is 360 g/mol. The zero-order valence-corrected chi connectivity index (χ0v) is 16.1. The first-order valence-corrected chi connectivity index (χ1v) is 9.04. The summed E-state index contributed by atoms with van der Waals surface area (Å²) in [5.41, 5.74) is 6.74. The van der Waals surface area contributed by atoms with Gasteiger partial charge in [0.2, 0.25) is 5.95 Å². The zero-order valence-electron chi connectivity index (χ0n) is 16.1. The topological polar surface area (TPSA) is 66.9 Å². The Morgan fingerprint density at radius 1 is 0.963 bits per heavy atom. The third kappa shape index (κ3) is 4.14. The standard InChI is InChI=1S/C22H24N4O/c1-5-17-10-6-9-15(3)20(17)26-21(27)18-12-23-22(24-13-18)25-19-11-7-8-14(2)16(19)4/h6-13H,5H2,1-4H3,(H,26,27)(H,23,24,25). The average molecular weight is 360 g/mol. The van der Waals surface area contributed by atoms with Gasteiger partial charge >= 0.3 is 0 Å². The van der Waals surface area contributed by atoms with Crippen LogP contribution in [0, 0.1) is 20.8 Å². The van der Waals surface area contributed by atoms with E-state index >= 15 is 0 Å². The maximum Gasteiger partial charge on any atom is 0.258 e. The molecule has 0 aliphatic rings. The summed E-state index contributed by atoms with van der Waals surface area (Å²) in [7, 11) is 0. The van der Waals surface area contributed by atoms with Gasteiger partial charge in [0, 0.05) is 23.8 Å². The van der Waals surface area contributed by atoms with Gasteiger partial charge in [-0.15, -0.1) is 0 Å². The molecule has 0 spiro atoms. The molecule has 2 N–H and O–H groups in total. The van der Waals surface area contributed by atoms with E-state index in [9.17, 15) is 4.79 Å². The van der Waals surface area contributed by atoms with Crippen LogP contribution in [0.25, 0.3) is 0 Å². The summed E-state index contributed by atoms with van der Waals surface area (Å²) in [5, 5.41) is 6.19. The van der Waals surface area contributed by atoms with Gasteiger partial charge in [-0.05, 0) is 55.5 Å². The van der Waals surface area contributed by atoms with Crippen LogP contribution in [0.2, 0.25) is 0 Å². The van der Waals surface area contributed by atoms with Crippen molar-refractivity contribution in [1.29, 1.82) is 0 Å². The Bertz CT molecular complexity index is 965. The Kier molecular flexibility index (Phi) is 5.50. The number of para-hydroxylation sites is 1. The van der Waals surface area contributed by atoms with Crippen LogP contribution < -0.4 is 10.6 Å². The van der Waals surface area contributed by atoms with Crippen molar-refractivity contribution in [3.63, 3.8) is 0 Å². The average Bonchev–Trinajstić information content (AvgIpc) is 2.67. The number of carbonyl (C=O) groups is 1. The second kappa shape index (κ2) is 7.99. The van der Waals surface area contributed by atoms with E-state index in [0.717, 1.165) is 34.5 Å². The first-order chi connectivity index (χ1) is 13.0. The van der Waals surface area contributed by atoms with Crippen molar-refractivity contribution < 1.29 is 4.79 Å². The van der Waals surface area contributed by atoms with Crippen LogP contribution in [-0.4, -0.2) is 15.9 Å². The summed E-state index contributed by atoms with van der Waals surface area (Å²) in [6.45, 7) is 8.17. The molecule has 5 heteroatoms. The van der Waals surface area contributed by atoms with Crippen LogP contribution in [-0.2, 0) is 6.42 Å². The summed E-state index contributed by atoms with van der Waals surface area (Å²) in [4.78, 5) is 21.2. The molecule has 0 saturated carbocycles. The second-order valence-electron chi connectivity index (χ2n) is 6.58. The van der Waals surface area contributed by atoms with Gasteiger partial charge in [0.05, 0.1) is 5.56 Å². The highest BCUT2D eigenvalue weighted by Crippen LogP contribution is 2.23. The lowest BCUT2D eigenvalue weighted by molar-refractivity contribution is 0.102. The molecule has 0 radical (unpaired) electrons. The lowest BCUT2D eigenvalue weighted by Gasteiger charge is -2.13. The summed E-state index contributed by atoms with van der Waals surface area (Å²) in [6, 6.07) is 12.0. The van der Waals surface area contributed by atoms with Crippen molar-refractivity contribution in [2.45, 2.75) is 34.1 Å². The quantitative estimate of drug-likeness (QED) is 0.675. The fraction of sp³-hybridized carbons (Fsp3) is 0.227. The van der Waals surface area contributed by atoms with Gasteiger partial charge in [0.1, 0.15) is 0 Å². The third-order valence-corrected chi connectivity index (χ3v) is 4.74. The largest absolute Gasteiger partial charge is 0.324 e. The molecule has 1 amide bonds. The maximum atomic E-state index is 12.6. The lowest BCUT2D eigenvalue weighted by atomic mass is 10.1. The molecule has 1 heterocycles. The van der Waals surface area contributed by atoms with Gasteiger partial charge in [-0.1, -0.05) is 37.3 Å². The van der Waals surface area contributed by atoms with E-state index in [0.29, 0.717) is 11.5 Å². The highest BCUT2D eigenvalue weighted by atomic mass is 16.1. The Morgan fingerprint density at radius 3 is 2.33 bits per heavy atom. The van der Waals surface area contributed by atoms with Gasteiger partial charge in [-0.3, -0.25) is 4.79 Å². The van der Waals surface area contributed by atoms with Crippen molar-refractivity contribution in [3.05, 3.63) is 76.6 Å². The van der Waals surface area contributed by atoms with Crippen molar-refractivity contribution in [2.24, 2.45) is 0 Å². The minimum absolute atomic E-state index is 0.211. The lowest BCUT2D eigenvalue weighted by Crippen LogP contribution is -2.15. The number of hydrogen-bond acceptors (Lipinski definition) is 4. The normalized spacial score (nSPS) is 10.5. The number of carbonyl (C=O) groups excluding carboxylic acids is 1. The summed E-state index contributed by atoms with van der Waals surface area (Å²) in [6.07, 6.45) is 3.94. The molecule has 0 fully saturated rings. The molecule has 0 saturated heterocycles. The number of anilines is 3. The molecular weight excluding hydrogens is 336 g/mol. The minimum atomic E-state index is -0.211. The van der Waals surface area contributed by atoms with Gasteiger partial charge in [0.25, 0.3) is 5.91 Å². The first kappa shape index (κ1) is 18.6. The van der Waals surface area contributed by atoms with Gasteiger partial charge in [-0.25, -0.2) is 9.97 Å². The molecule has 1 aromatic heterocycles. The van der Waals surface area contributed by atoms with Crippen molar-refractivity contribution in [1.82, 2.24) is 9.97 Å². The Hall–Kier alpha value is -3.21. The fourth-order valence-corrected chi connectivity index (χ4v) is 2.90. The van der Waals surface area contributed by atoms with Crippen LogP contribution in [0.1, 0.15) is 39.5 Å². The number of amides is 1. The molecule has 138 valence electrons.